The van der Waals surface area contributed by atoms with Crippen molar-refractivity contribution in [3.8, 4) is 11.3 Å². The third kappa shape index (κ3) is 3.17. The number of fused-ring (bicyclic) bond motifs is 1. The van der Waals surface area contributed by atoms with Gasteiger partial charge >= 0.3 is 0 Å². The minimum Gasteiger partial charge on any atom is -0.381 e. The fourth-order valence-electron chi connectivity index (χ4n) is 2.87. The molecule has 0 amide bonds. The number of aromatic nitrogens is 4. The third-order valence-electron chi connectivity index (χ3n) is 4.24. The molecule has 0 unspecified atom stereocenters. The van der Waals surface area contributed by atoms with Crippen LogP contribution in [0.1, 0.15) is 12.8 Å². The summed E-state index contributed by atoms with van der Waals surface area (Å²) in [6.45, 7) is 2.64. The standard InChI is InChI=1S/C17H19N5O/c1-4-19-17-13(1)7-14(9-21-17)15-10-18-11-16(22-15)20-8-12-2-5-23-6-3-12/h1,4,7,9-12H,2-3,5-6,8H2,(H,19,21)(H,20,22). The Bertz CT molecular complexity index is 794. The Labute approximate surface area is 134 Å². The largest absolute Gasteiger partial charge is 0.381 e. The van der Waals surface area contributed by atoms with Gasteiger partial charge in [-0.05, 0) is 30.9 Å². The average molecular weight is 309 g/mol. The zero-order chi connectivity index (χ0) is 15.5. The highest BCUT2D eigenvalue weighted by atomic mass is 16.5. The molecule has 23 heavy (non-hydrogen) atoms. The Morgan fingerprint density at radius 1 is 1.22 bits per heavy atom. The van der Waals surface area contributed by atoms with E-state index >= 15 is 0 Å². The molecule has 0 radical (unpaired) electrons. The smallest absolute Gasteiger partial charge is 0.145 e. The van der Waals surface area contributed by atoms with Gasteiger partial charge in [0, 0.05) is 43.1 Å². The summed E-state index contributed by atoms with van der Waals surface area (Å²) in [5.74, 6) is 1.45. The van der Waals surface area contributed by atoms with E-state index in [0.29, 0.717) is 5.92 Å². The highest BCUT2D eigenvalue weighted by molar-refractivity contribution is 5.80. The van der Waals surface area contributed by atoms with E-state index in [1.54, 1.807) is 12.4 Å². The molecule has 1 fully saturated rings. The summed E-state index contributed by atoms with van der Waals surface area (Å²) < 4.78 is 5.39. The second-order valence-corrected chi connectivity index (χ2v) is 5.87. The number of nitrogens with zero attached hydrogens (tertiary/aromatic N) is 3. The van der Waals surface area contributed by atoms with Gasteiger partial charge in [0.15, 0.2) is 0 Å². The molecule has 6 nitrogen and oxygen atoms in total. The van der Waals surface area contributed by atoms with Crippen molar-refractivity contribution in [1.29, 1.82) is 0 Å². The first-order valence-electron chi connectivity index (χ1n) is 7.96. The summed E-state index contributed by atoms with van der Waals surface area (Å²) in [5.41, 5.74) is 2.69. The molecule has 0 aliphatic carbocycles. The number of ether oxygens (including phenoxy) is 1. The van der Waals surface area contributed by atoms with E-state index in [0.717, 1.165) is 60.7 Å². The minimum atomic E-state index is 0.645. The maximum atomic E-state index is 5.39. The maximum absolute atomic E-state index is 5.39. The summed E-state index contributed by atoms with van der Waals surface area (Å²) in [7, 11) is 0. The van der Waals surface area contributed by atoms with Crippen molar-refractivity contribution in [1.82, 2.24) is 19.9 Å². The van der Waals surface area contributed by atoms with Gasteiger partial charge in [0.05, 0.1) is 18.1 Å². The average Bonchev–Trinajstić information content (AvgIpc) is 3.09. The van der Waals surface area contributed by atoms with Gasteiger partial charge < -0.3 is 15.0 Å². The second-order valence-electron chi connectivity index (χ2n) is 5.87. The van der Waals surface area contributed by atoms with Crippen molar-refractivity contribution in [2.24, 2.45) is 5.92 Å². The molecule has 1 aliphatic rings. The van der Waals surface area contributed by atoms with Crippen LogP contribution in [0.4, 0.5) is 5.82 Å². The quantitative estimate of drug-likeness (QED) is 0.775. The molecule has 1 saturated heterocycles. The zero-order valence-electron chi connectivity index (χ0n) is 12.8. The van der Waals surface area contributed by atoms with Crippen LogP contribution in [0.5, 0.6) is 0 Å². The van der Waals surface area contributed by atoms with Crippen LogP contribution in [-0.2, 0) is 4.74 Å². The van der Waals surface area contributed by atoms with Crippen LogP contribution < -0.4 is 5.32 Å². The number of anilines is 1. The first-order chi connectivity index (χ1) is 11.4. The Hall–Kier alpha value is -2.47. The Kier molecular flexibility index (Phi) is 3.90. The number of nitrogens with one attached hydrogen (secondary N) is 2. The van der Waals surface area contributed by atoms with E-state index in [-0.39, 0.29) is 0 Å². The van der Waals surface area contributed by atoms with E-state index in [9.17, 15) is 0 Å². The molecule has 4 rings (SSSR count). The van der Waals surface area contributed by atoms with Crippen molar-refractivity contribution >= 4 is 16.9 Å². The summed E-state index contributed by atoms with van der Waals surface area (Å²) in [4.78, 5) is 16.5. The normalized spacial score (nSPS) is 15.8. The van der Waals surface area contributed by atoms with Crippen molar-refractivity contribution in [3.05, 3.63) is 36.9 Å². The van der Waals surface area contributed by atoms with Gasteiger partial charge in [0.25, 0.3) is 0 Å². The van der Waals surface area contributed by atoms with Crippen LogP contribution in [0.15, 0.2) is 36.9 Å². The van der Waals surface area contributed by atoms with Gasteiger partial charge in [-0.1, -0.05) is 0 Å². The Balaban J connectivity index is 1.50. The molecule has 3 aromatic heterocycles. The molecule has 0 aromatic carbocycles. The van der Waals surface area contributed by atoms with Crippen molar-refractivity contribution in [2.45, 2.75) is 12.8 Å². The molecular weight excluding hydrogens is 290 g/mol. The lowest BCUT2D eigenvalue weighted by Crippen LogP contribution is -2.23. The Morgan fingerprint density at radius 2 is 2.13 bits per heavy atom. The predicted octanol–water partition coefficient (Wildman–Crippen LogP) is 2.86. The van der Waals surface area contributed by atoms with Crippen molar-refractivity contribution in [2.75, 3.05) is 25.1 Å². The summed E-state index contributed by atoms with van der Waals surface area (Å²) >= 11 is 0. The number of rotatable bonds is 4. The number of hydrogen-bond acceptors (Lipinski definition) is 5. The molecule has 0 saturated carbocycles. The molecule has 0 atom stereocenters. The maximum Gasteiger partial charge on any atom is 0.145 e. The van der Waals surface area contributed by atoms with Crippen LogP contribution >= 0.6 is 0 Å². The summed E-state index contributed by atoms with van der Waals surface area (Å²) in [5, 5.41) is 4.47. The van der Waals surface area contributed by atoms with Crippen LogP contribution in [0.2, 0.25) is 0 Å². The van der Waals surface area contributed by atoms with Gasteiger partial charge in [-0.15, -0.1) is 0 Å². The van der Waals surface area contributed by atoms with E-state index in [1.165, 1.54) is 0 Å². The lowest BCUT2D eigenvalue weighted by molar-refractivity contribution is 0.0699. The van der Waals surface area contributed by atoms with Gasteiger partial charge in [-0.3, -0.25) is 4.98 Å². The fourth-order valence-corrected chi connectivity index (χ4v) is 2.87. The number of pyridine rings is 1. The zero-order valence-corrected chi connectivity index (χ0v) is 12.8. The predicted molar refractivity (Wildman–Crippen MR) is 89.2 cm³/mol. The molecule has 2 N–H and O–H groups in total. The molecule has 0 spiro atoms. The van der Waals surface area contributed by atoms with Crippen LogP contribution in [0, 0.1) is 5.92 Å². The van der Waals surface area contributed by atoms with E-state index in [4.69, 9.17) is 4.74 Å². The van der Waals surface area contributed by atoms with Crippen LogP contribution in [0.25, 0.3) is 22.3 Å². The Morgan fingerprint density at radius 3 is 3.04 bits per heavy atom. The molecule has 0 bridgehead atoms. The fraction of sp³-hybridized carbons (Fsp3) is 0.353. The van der Waals surface area contributed by atoms with E-state index < -0.39 is 0 Å². The SMILES string of the molecule is c1cc2cc(-c3cncc(NCC4CCOCC4)n3)cnc2[nH]1. The molecule has 1 aliphatic heterocycles. The first-order valence-corrected chi connectivity index (χ1v) is 7.96. The number of hydrogen-bond donors (Lipinski definition) is 2. The van der Waals surface area contributed by atoms with Gasteiger partial charge in [0.1, 0.15) is 11.5 Å². The monoisotopic (exact) mass is 309 g/mol. The van der Waals surface area contributed by atoms with E-state index in [2.05, 4.69) is 31.3 Å². The van der Waals surface area contributed by atoms with Gasteiger partial charge in [-0.2, -0.15) is 0 Å². The molecule has 6 heteroatoms. The number of aromatic amines is 1. The molecular formula is C17H19N5O. The lowest BCUT2D eigenvalue weighted by Gasteiger charge is -2.22. The van der Waals surface area contributed by atoms with Crippen molar-refractivity contribution in [3.63, 3.8) is 0 Å². The highest BCUT2D eigenvalue weighted by Gasteiger charge is 2.13. The first kappa shape index (κ1) is 14.1. The van der Waals surface area contributed by atoms with Crippen LogP contribution in [-0.4, -0.2) is 39.7 Å². The minimum absolute atomic E-state index is 0.645. The summed E-state index contributed by atoms with van der Waals surface area (Å²) in [6.07, 6.45) is 9.46. The second kappa shape index (κ2) is 6.34. The summed E-state index contributed by atoms with van der Waals surface area (Å²) in [6, 6.07) is 4.08. The van der Waals surface area contributed by atoms with Gasteiger partial charge in [0.2, 0.25) is 0 Å². The molecule has 118 valence electrons. The third-order valence-corrected chi connectivity index (χ3v) is 4.24. The van der Waals surface area contributed by atoms with Crippen molar-refractivity contribution < 1.29 is 4.74 Å². The number of H-pyrrole nitrogens is 1. The van der Waals surface area contributed by atoms with E-state index in [1.807, 2.05) is 18.5 Å². The molecule has 4 heterocycles. The topological polar surface area (TPSA) is 75.7 Å². The van der Waals surface area contributed by atoms with Crippen LogP contribution in [0.3, 0.4) is 0 Å². The van der Waals surface area contributed by atoms with Gasteiger partial charge in [-0.25, -0.2) is 9.97 Å². The molecule has 3 aromatic rings. The highest BCUT2D eigenvalue weighted by Crippen LogP contribution is 2.21. The lowest BCUT2D eigenvalue weighted by atomic mass is 10.0.